The Labute approximate surface area is 139 Å². The number of ether oxygens (including phenoxy) is 2. The van der Waals surface area contributed by atoms with Crippen molar-refractivity contribution in [3.8, 4) is 0 Å². The summed E-state index contributed by atoms with van der Waals surface area (Å²) in [4.78, 5) is 23.8. The molecule has 1 amide bonds. The molecule has 0 unspecified atom stereocenters. The molecule has 0 aliphatic carbocycles. The van der Waals surface area contributed by atoms with Gasteiger partial charge in [-0.05, 0) is 23.3 Å². The van der Waals surface area contributed by atoms with Crippen LogP contribution >= 0.6 is 11.6 Å². The van der Waals surface area contributed by atoms with Crippen molar-refractivity contribution in [2.75, 3.05) is 7.11 Å². The Bertz CT molecular complexity index is 658. The molecule has 1 atom stereocenters. The molecule has 0 radical (unpaired) electrons. The van der Waals surface area contributed by atoms with Gasteiger partial charge in [0, 0.05) is 5.02 Å². The smallest absolute Gasteiger partial charge is 0.408 e. The van der Waals surface area contributed by atoms with Gasteiger partial charge in [0.2, 0.25) is 0 Å². The minimum atomic E-state index is -0.958. The number of hydrogen-bond acceptors (Lipinski definition) is 4. The molecule has 2 aromatic rings. The van der Waals surface area contributed by atoms with Gasteiger partial charge in [0.05, 0.1) is 7.11 Å². The second-order valence-electron chi connectivity index (χ2n) is 4.71. The first-order valence-corrected chi connectivity index (χ1v) is 7.28. The van der Waals surface area contributed by atoms with Gasteiger partial charge in [-0.1, -0.05) is 54.1 Å². The van der Waals surface area contributed by atoms with Crippen LogP contribution in [0, 0.1) is 0 Å². The van der Waals surface area contributed by atoms with Gasteiger partial charge >= 0.3 is 12.1 Å². The molecule has 120 valence electrons. The highest BCUT2D eigenvalue weighted by molar-refractivity contribution is 6.30. The zero-order valence-corrected chi connectivity index (χ0v) is 13.2. The lowest BCUT2D eigenvalue weighted by molar-refractivity contribution is -0.143. The standard InChI is InChI=1S/C17H16ClNO4/c1-22-16(20)15(13-7-9-14(18)10-8-13)19-17(21)23-11-12-5-3-2-4-6-12/h2-10,15H,11H2,1H3,(H,19,21)/t15-/m1/s1. The van der Waals surface area contributed by atoms with E-state index in [4.69, 9.17) is 21.1 Å². The van der Waals surface area contributed by atoms with Crippen molar-refractivity contribution in [3.63, 3.8) is 0 Å². The summed E-state index contributed by atoms with van der Waals surface area (Å²) >= 11 is 5.82. The van der Waals surface area contributed by atoms with Gasteiger partial charge in [0.15, 0.2) is 6.04 Å². The summed E-state index contributed by atoms with van der Waals surface area (Å²) in [7, 11) is 1.25. The van der Waals surface area contributed by atoms with E-state index in [1.807, 2.05) is 30.3 Å². The second kappa shape index (κ2) is 8.19. The molecule has 0 heterocycles. The molecule has 0 bridgehead atoms. The number of methoxy groups -OCH3 is 1. The van der Waals surface area contributed by atoms with Crippen molar-refractivity contribution in [2.24, 2.45) is 0 Å². The summed E-state index contributed by atoms with van der Waals surface area (Å²) in [5.74, 6) is -0.594. The fourth-order valence-corrected chi connectivity index (χ4v) is 2.06. The number of amides is 1. The van der Waals surface area contributed by atoms with Crippen LogP contribution in [0.25, 0.3) is 0 Å². The fraction of sp³-hybridized carbons (Fsp3) is 0.176. The molecule has 2 aromatic carbocycles. The van der Waals surface area contributed by atoms with Gasteiger partial charge in [-0.2, -0.15) is 0 Å². The Balaban J connectivity index is 2.01. The van der Waals surface area contributed by atoms with Crippen LogP contribution in [0.1, 0.15) is 17.2 Å². The van der Waals surface area contributed by atoms with Crippen molar-refractivity contribution in [1.82, 2.24) is 5.32 Å². The normalized spacial score (nSPS) is 11.4. The van der Waals surface area contributed by atoms with E-state index in [-0.39, 0.29) is 6.61 Å². The number of halogens is 1. The highest BCUT2D eigenvalue weighted by Gasteiger charge is 2.24. The number of benzene rings is 2. The van der Waals surface area contributed by atoms with E-state index in [0.29, 0.717) is 10.6 Å². The maximum Gasteiger partial charge on any atom is 0.408 e. The topological polar surface area (TPSA) is 64.6 Å². The second-order valence-corrected chi connectivity index (χ2v) is 5.15. The van der Waals surface area contributed by atoms with Crippen LogP contribution in [0.15, 0.2) is 54.6 Å². The Morgan fingerprint density at radius 3 is 2.35 bits per heavy atom. The molecule has 1 N–H and O–H groups in total. The van der Waals surface area contributed by atoms with Gasteiger partial charge in [0.1, 0.15) is 6.61 Å². The van der Waals surface area contributed by atoms with Crippen molar-refractivity contribution in [2.45, 2.75) is 12.6 Å². The Morgan fingerprint density at radius 2 is 1.74 bits per heavy atom. The Hall–Kier alpha value is -2.53. The van der Waals surface area contributed by atoms with Crippen molar-refractivity contribution >= 4 is 23.7 Å². The van der Waals surface area contributed by atoms with Crippen molar-refractivity contribution in [3.05, 3.63) is 70.7 Å². The first kappa shape index (κ1) is 16.8. The summed E-state index contributed by atoms with van der Waals surface area (Å²) in [5, 5.41) is 3.03. The summed E-state index contributed by atoms with van der Waals surface area (Å²) in [6.45, 7) is 0.112. The van der Waals surface area contributed by atoms with E-state index < -0.39 is 18.1 Å². The van der Waals surface area contributed by atoms with Crippen LogP contribution in [-0.4, -0.2) is 19.2 Å². The largest absolute Gasteiger partial charge is 0.467 e. The molecule has 2 rings (SSSR count). The molecule has 0 saturated carbocycles. The maximum absolute atomic E-state index is 11.9. The molecule has 5 nitrogen and oxygen atoms in total. The van der Waals surface area contributed by atoms with Crippen LogP contribution in [0.5, 0.6) is 0 Å². The number of esters is 1. The van der Waals surface area contributed by atoms with Gasteiger partial charge in [-0.3, -0.25) is 0 Å². The lowest BCUT2D eigenvalue weighted by Crippen LogP contribution is -2.34. The van der Waals surface area contributed by atoms with E-state index in [2.05, 4.69) is 5.32 Å². The molecule has 0 saturated heterocycles. The minimum Gasteiger partial charge on any atom is -0.467 e. The fourth-order valence-electron chi connectivity index (χ4n) is 1.93. The SMILES string of the molecule is COC(=O)[C@H](NC(=O)OCc1ccccc1)c1ccc(Cl)cc1. The summed E-state index contributed by atoms with van der Waals surface area (Å²) < 4.78 is 9.83. The monoisotopic (exact) mass is 333 g/mol. The van der Waals surface area contributed by atoms with Crippen molar-refractivity contribution < 1.29 is 19.1 Å². The summed E-state index contributed by atoms with van der Waals surface area (Å²) in [6, 6.07) is 14.8. The van der Waals surface area contributed by atoms with E-state index in [0.717, 1.165) is 5.56 Å². The molecule has 6 heteroatoms. The van der Waals surface area contributed by atoms with E-state index in [1.54, 1.807) is 24.3 Å². The molecule has 0 aliphatic rings. The molecule has 0 fully saturated rings. The molecular weight excluding hydrogens is 318 g/mol. The molecular formula is C17H16ClNO4. The van der Waals surface area contributed by atoms with E-state index in [1.165, 1.54) is 7.11 Å². The van der Waals surface area contributed by atoms with Crippen LogP contribution in [-0.2, 0) is 20.9 Å². The van der Waals surface area contributed by atoms with Crippen LogP contribution in [0.3, 0.4) is 0 Å². The van der Waals surface area contributed by atoms with E-state index >= 15 is 0 Å². The van der Waals surface area contributed by atoms with Gasteiger partial charge in [-0.15, -0.1) is 0 Å². The van der Waals surface area contributed by atoms with Crippen LogP contribution in [0.4, 0.5) is 4.79 Å². The van der Waals surface area contributed by atoms with Gasteiger partial charge in [0.25, 0.3) is 0 Å². The number of alkyl carbamates (subject to hydrolysis) is 1. The van der Waals surface area contributed by atoms with Crippen LogP contribution < -0.4 is 5.32 Å². The Morgan fingerprint density at radius 1 is 1.09 bits per heavy atom. The zero-order chi connectivity index (χ0) is 16.7. The predicted octanol–water partition coefficient (Wildman–Crippen LogP) is 3.48. The van der Waals surface area contributed by atoms with Crippen molar-refractivity contribution in [1.29, 1.82) is 0 Å². The quantitative estimate of drug-likeness (QED) is 0.851. The Kier molecular flexibility index (Phi) is 6.00. The zero-order valence-electron chi connectivity index (χ0n) is 12.5. The molecule has 0 spiro atoms. The number of nitrogens with one attached hydrogen (secondary N) is 1. The first-order chi connectivity index (χ1) is 11.1. The highest BCUT2D eigenvalue weighted by Crippen LogP contribution is 2.18. The lowest BCUT2D eigenvalue weighted by atomic mass is 10.1. The summed E-state index contributed by atoms with van der Waals surface area (Å²) in [6.07, 6.45) is -0.709. The highest BCUT2D eigenvalue weighted by atomic mass is 35.5. The first-order valence-electron chi connectivity index (χ1n) is 6.90. The maximum atomic E-state index is 11.9. The molecule has 0 aromatic heterocycles. The average molecular weight is 334 g/mol. The summed E-state index contributed by atoms with van der Waals surface area (Å²) in [5.41, 5.74) is 1.40. The number of hydrogen-bond donors (Lipinski definition) is 1. The molecule has 23 heavy (non-hydrogen) atoms. The van der Waals surface area contributed by atoms with Crippen LogP contribution in [0.2, 0.25) is 5.02 Å². The third-order valence-electron chi connectivity index (χ3n) is 3.12. The third kappa shape index (κ3) is 5.00. The average Bonchev–Trinajstić information content (AvgIpc) is 2.59. The van der Waals surface area contributed by atoms with E-state index in [9.17, 15) is 9.59 Å². The van der Waals surface area contributed by atoms with Gasteiger partial charge < -0.3 is 14.8 Å². The predicted molar refractivity (Wildman–Crippen MR) is 86.0 cm³/mol. The number of carbonyl (C=O) groups excluding carboxylic acids is 2. The number of carbonyl (C=O) groups is 2. The molecule has 0 aliphatic heterocycles. The lowest BCUT2D eigenvalue weighted by Gasteiger charge is -2.17. The van der Waals surface area contributed by atoms with Gasteiger partial charge in [-0.25, -0.2) is 9.59 Å². The number of rotatable bonds is 5. The minimum absolute atomic E-state index is 0.112. The third-order valence-corrected chi connectivity index (χ3v) is 3.37.